The molecule has 0 aliphatic rings. The van der Waals surface area contributed by atoms with Gasteiger partial charge in [0.25, 0.3) is 0 Å². The van der Waals surface area contributed by atoms with Gasteiger partial charge >= 0.3 is 0 Å². The van der Waals surface area contributed by atoms with Crippen molar-refractivity contribution in [2.24, 2.45) is 0 Å². The topological polar surface area (TPSA) is 24.9 Å². The molecule has 0 aliphatic heterocycles. The SMILES string of the molecule is CCC(CC)(CNc1ccncc1Cl)SC. The predicted octanol–water partition coefficient (Wildman–Crippen LogP) is 4.07. The van der Waals surface area contributed by atoms with E-state index in [0.717, 1.165) is 25.1 Å². The van der Waals surface area contributed by atoms with Gasteiger partial charge in [-0.3, -0.25) is 4.98 Å². The number of hydrogen-bond acceptors (Lipinski definition) is 3. The summed E-state index contributed by atoms with van der Waals surface area (Å²) < 4.78 is 0.298. The van der Waals surface area contributed by atoms with E-state index < -0.39 is 0 Å². The Morgan fingerprint density at radius 3 is 2.62 bits per heavy atom. The Kier molecular flexibility index (Phi) is 5.42. The molecular formula is C12H19ClN2S. The molecule has 0 saturated carbocycles. The zero-order valence-electron chi connectivity index (χ0n) is 10.1. The maximum absolute atomic E-state index is 6.05. The summed E-state index contributed by atoms with van der Waals surface area (Å²) in [4.78, 5) is 3.97. The lowest BCUT2D eigenvalue weighted by Crippen LogP contribution is -2.32. The van der Waals surface area contributed by atoms with Gasteiger partial charge in [0.2, 0.25) is 0 Å². The van der Waals surface area contributed by atoms with E-state index >= 15 is 0 Å². The first-order valence-corrected chi connectivity index (χ1v) is 7.16. The molecule has 4 heteroatoms. The molecule has 0 aliphatic carbocycles. The Hall–Kier alpha value is -0.410. The summed E-state index contributed by atoms with van der Waals surface area (Å²) in [7, 11) is 0. The Bertz CT molecular complexity index is 318. The number of aromatic nitrogens is 1. The van der Waals surface area contributed by atoms with Crippen molar-refractivity contribution in [1.82, 2.24) is 4.98 Å². The van der Waals surface area contributed by atoms with Gasteiger partial charge in [0.05, 0.1) is 10.7 Å². The molecule has 90 valence electrons. The lowest BCUT2D eigenvalue weighted by atomic mass is 10.0. The minimum Gasteiger partial charge on any atom is -0.382 e. The van der Waals surface area contributed by atoms with Crippen LogP contribution in [0.2, 0.25) is 5.02 Å². The van der Waals surface area contributed by atoms with Crippen LogP contribution < -0.4 is 5.32 Å². The standard InChI is InChI=1S/C12H19ClN2S/c1-4-12(5-2,16-3)9-15-11-6-7-14-8-10(11)13/h6-8H,4-5,9H2,1-3H3,(H,14,15). The fourth-order valence-corrected chi connectivity index (χ4v) is 2.62. The number of thioether (sulfide) groups is 1. The van der Waals surface area contributed by atoms with E-state index in [2.05, 4.69) is 30.4 Å². The van der Waals surface area contributed by atoms with Gasteiger partial charge in [0.15, 0.2) is 0 Å². The Labute approximate surface area is 107 Å². The van der Waals surface area contributed by atoms with Crippen molar-refractivity contribution in [3.05, 3.63) is 23.5 Å². The molecule has 1 aromatic heterocycles. The highest BCUT2D eigenvalue weighted by Gasteiger charge is 2.24. The highest BCUT2D eigenvalue weighted by Crippen LogP contribution is 2.31. The summed E-state index contributed by atoms with van der Waals surface area (Å²) in [5.74, 6) is 0. The molecule has 0 unspecified atom stereocenters. The number of anilines is 1. The van der Waals surface area contributed by atoms with Crippen LogP contribution in [0.5, 0.6) is 0 Å². The molecule has 0 aromatic carbocycles. The molecule has 0 saturated heterocycles. The first-order valence-electron chi connectivity index (χ1n) is 5.56. The molecule has 1 rings (SSSR count). The second-order valence-corrected chi connectivity index (χ2v) is 5.48. The molecule has 0 fully saturated rings. The van der Waals surface area contributed by atoms with Gasteiger partial charge in [0, 0.05) is 23.7 Å². The van der Waals surface area contributed by atoms with Crippen LogP contribution in [0.1, 0.15) is 26.7 Å². The number of nitrogens with one attached hydrogen (secondary N) is 1. The van der Waals surface area contributed by atoms with Crippen LogP contribution in [-0.4, -0.2) is 22.5 Å². The summed E-state index contributed by atoms with van der Waals surface area (Å²) >= 11 is 7.97. The predicted molar refractivity (Wildman–Crippen MR) is 74.6 cm³/mol. The highest BCUT2D eigenvalue weighted by atomic mass is 35.5. The highest BCUT2D eigenvalue weighted by molar-refractivity contribution is 8.00. The Morgan fingerprint density at radius 2 is 2.12 bits per heavy atom. The van der Waals surface area contributed by atoms with Gasteiger partial charge in [-0.15, -0.1) is 0 Å². The van der Waals surface area contributed by atoms with Crippen molar-refractivity contribution < 1.29 is 0 Å². The van der Waals surface area contributed by atoms with Gasteiger partial charge in [-0.25, -0.2) is 0 Å². The summed E-state index contributed by atoms with van der Waals surface area (Å²) in [5, 5.41) is 4.10. The largest absolute Gasteiger partial charge is 0.382 e. The summed E-state index contributed by atoms with van der Waals surface area (Å²) in [6.45, 7) is 5.40. The van der Waals surface area contributed by atoms with Gasteiger partial charge < -0.3 is 5.32 Å². The van der Waals surface area contributed by atoms with Crippen LogP contribution in [0.25, 0.3) is 0 Å². The van der Waals surface area contributed by atoms with Crippen LogP contribution >= 0.6 is 23.4 Å². The lowest BCUT2D eigenvalue weighted by Gasteiger charge is -2.30. The van der Waals surface area contributed by atoms with E-state index in [9.17, 15) is 0 Å². The quantitative estimate of drug-likeness (QED) is 0.833. The van der Waals surface area contributed by atoms with Gasteiger partial charge in [-0.1, -0.05) is 25.4 Å². The zero-order valence-corrected chi connectivity index (χ0v) is 11.7. The third kappa shape index (κ3) is 3.29. The second-order valence-electron chi connectivity index (χ2n) is 3.80. The Morgan fingerprint density at radius 1 is 1.44 bits per heavy atom. The smallest absolute Gasteiger partial charge is 0.0820 e. The number of rotatable bonds is 6. The molecule has 2 nitrogen and oxygen atoms in total. The Balaban J connectivity index is 2.66. The molecule has 1 aromatic rings. The van der Waals surface area contributed by atoms with Crippen molar-refractivity contribution in [1.29, 1.82) is 0 Å². The molecular weight excluding hydrogens is 240 g/mol. The summed E-state index contributed by atoms with van der Waals surface area (Å²) in [5.41, 5.74) is 0.969. The van der Waals surface area contributed by atoms with E-state index in [0.29, 0.717) is 9.77 Å². The maximum atomic E-state index is 6.05. The fourth-order valence-electron chi connectivity index (χ4n) is 1.64. The van der Waals surface area contributed by atoms with Crippen molar-refractivity contribution in [2.45, 2.75) is 31.4 Å². The first kappa shape index (κ1) is 13.7. The number of nitrogens with zero attached hydrogens (tertiary/aromatic N) is 1. The maximum Gasteiger partial charge on any atom is 0.0820 e. The van der Waals surface area contributed by atoms with E-state index in [1.807, 2.05) is 17.8 Å². The van der Waals surface area contributed by atoms with Gasteiger partial charge in [0.1, 0.15) is 0 Å². The number of hydrogen-bond donors (Lipinski definition) is 1. The average molecular weight is 259 g/mol. The normalized spacial score (nSPS) is 11.5. The molecule has 0 bridgehead atoms. The van der Waals surface area contributed by atoms with E-state index in [4.69, 9.17) is 11.6 Å². The third-order valence-corrected chi connectivity index (χ3v) is 4.98. The van der Waals surface area contributed by atoms with Crippen LogP contribution in [0, 0.1) is 0 Å². The zero-order chi connectivity index (χ0) is 12.0. The molecule has 16 heavy (non-hydrogen) atoms. The van der Waals surface area contributed by atoms with Crippen molar-refractivity contribution in [2.75, 3.05) is 18.1 Å². The van der Waals surface area contributed by atoms with Gasteiger partial charge in [-0.05, 0) is 25.2 Å². The molecule has 0 atom stereocenters. The molecule has 1 N–H and O–H groups in total. The summed E-state index contributed by atoms with van der Waals surface area (Å²) in [6, 6.07) is 1.92. The van der Waals surface area contributed by atoms with E-state index in [1.54, 1.807) is 12.4 Å². The van der Waals surface area contributed by atoms with Crippen LogP contribution in [0.4, 0.5) is 5.69 Å². The van der Waals surface area contributed by atoms with Crippen molar-refractivity contribution in [3.8, 4) is 0 Å². The minimum absolute atomic E-state index is 0.298. The minimum atomic E-state index is 0.298. The van der Waals surface area contributed by atoms with Crippen molar-refractivity contribution in [3.63, 3.8) is 0 Å². The molecule has 1 heterocycles. The first-order chi connectivity index (χ1) is 7.67. The fraction of sp³-hybridized carbons (Fsp3) is 0.583. The van der Waals surface area contributed by atoms with E-state index in [-0.39, 0.29) is 0 Å². The monoisotopic (exact) mass is 258 g/mol. The number of halogens is 1. The van der Waals surface area contributed by atoms with Gasteiger partial charge in [-0.2, -0.15) is 11.8 Å². The van der Waals surface area contributed by atoms with Crippen LogP contribution in [-0.2, 0) is 0 Å². The van der Waals surface area contributed by atoms with E-state index in [1.165, 1.54) is 0 Å². The van der Waals surface area contributed by atoms with Crippen LogP contribution in [0.3, 0.4) is 0 Å². The second kappa shape index (κ2) is 6.36. The summed E-state index contributed by atoms with van der Waals surface area (Å²) in [6.07, 6.45) is 7.90. The van der Waals surface area contributed by atoms with Crippen molar-refractivity contribution >= 4 is 29.1 Å². The average Bonchev–Trinajstić information content (AvgIpc) is 2.34. The third-order valence-electron chi connectivity index (χ3n) is 3.10. The number of pyridine rings is 1. The molecule has 0 amide bonds. The molecule has 0 radical (unpaired) electrons. The molecule has 0 spiro atoms. The lowest BCUT2D eigenvalue weighted by molar-refractivity contribution is 0.575. The van der Waals surface area contributed by atoms with Crippen LogP contribution in [0.15, 0.2) is 18.5 Å².